The van der Waals surface area contributed by atoms with Crippen molar-refractivity contribution in [3.05, 3.63) is 16.4 Å². The quantitative estimate of drug-likeness (QED) is 0.813. The molecule has 0 aliphatic heterocycles. The van der Waals surface area contributed by atoms with E-state index in [9.17, 15) is 13.2 Å². The molecular formula is C11H18ClN3O3S. The van der Waals surface area contributed by atoms with Crippen molar-refractivity contribution in [2.75, 3.05) is 12.0 Å². The number of nitrogens with zero attached hydrogens (tertiary/aromatic N) is 2. The summed E-state index contributed by atoms with van der Waals surface area (Å²) in [5.41, 5.74) is 7.01. The molecule has 0 aromatic carbocycles. The summed E-state index contributed by atoms with van der Waals surface area (Å²) in [6, 6.07) is -0.801. The number of aromatic nitrogens is 2. The molecule has 8 heteroatoms. The molecule has 1 aromatic rings. The summed E-state index contributed by atoms with van der Waals surface area (Å²) in [4.78, 5) is 11.9. The van der Waals surface area contributed by atoms with Crippen LogP contribution in [0.25, 0.3) is 0 Å². The van der Waals surface area contributed by atoms with Gasteiger partial charge in [-0.05, 0) is 13.3 Å². The molecule has 6 nitrogen and oxygen atoms in total. The molecule has 0 fully saturated rings. The predicted molar refractivity (Wildman–Crippen MR) is 74.0 cm³/mol. The first-order valence-corrected chi connectivity index (χ1v) is 8.19. The van der Waals surface area contributed by atoms with Crippen LogP contribution in [0.15, 0.2) is 0 Å². The molecule has 1 rings (SSSR count). The lowest BCUT2D eigenvalue weighted by Crippen LogP contribution is -2.33. The lowest BCUT2D eigenvalue weighted by Gasteiger charge is -2.09. The third-order valence-corrected chi connectivity index (χ3v) is 4.28. The van der Waals surface area contributed by atoms with E-state index < -0.39 is 15.9 Å². The summed E-state index contributed by atoms with van der Waals surface area (Å²) >= 11 is 6.02. The zero-order valence-corrected chi connectivity index (χ0v) is 12.8. The lowest BCUT2D eigenvalue weighted by atomic mass is 10.0. The van der Waals surface area contributed by atoms with Crippen LogP contribution >= 0.6 is 11.6 Å². The Hall–Kier alpha value is -0.920. The SMILES string of the molecule is Cc1nn(C)c(Cl)c1CC(=O)C(N)CCS(C)(=O)=O. The fraction of sp³-hybridized carbons (Fsp3) is 0.636. The third-order valence-electron chi connectivity index (χ3n) is 2.83. The number of carbonyl (C=O) groups is 1. The van der Waals surface area contributed by atoms with Crippen molar-refractivity contribution in [3.63, 3.8) is 0 Å². The van der Waals surface area contributed by atoms with E-state index in [1.165, 1.54) is 4.68 Å². The molecule has 1 heterocycles. The molecule has 0 saturated heterocycles. The molecule has 108 valence electrons. The van der Waals surface area contributed by atoms with Gasteiger partial charge in [-0.2, -0.15) is 5.10 Å². The van der Waals surface area contributed by atoms with Crippen LogP contribution < -0.4 is 5.73 Å². The Labute approximate surface area is 117 Å². The molecule has 2 N–H and O–H groups in total. The van der Waals surface area contributed by atoms with Crippen LogP contribution in [0.5, 0.6) is 0 Å². The van der Waals surface area contributed by atoms with E-state index in [2.05, 4.69) is 5.10 Å². The summed E-state index contributed by atoms with van der Waals surface area (Å²) in [7, 11) is -1.43. The number of sulfone groups is 1. The second kappa shape index (κ2) is 6.02. The molecule has 0 spiro atoms. The van der Waals surface area contributed by atoms with E-state index in [4.69, 9.17) is 17.3 Å². The monoisotopic (exact) mass is 307 g/mol. The molecule has 1 aromatic heterocycles. The van der Waals surface area contributed by atoms with Gasteiger partial charge in [0.15, 0.2) is 5.78 Å². The maximum Gasteiger partial charge on any atom is 0.154 e. The molecule has 0 amide bonds. The topological polar surface area (TPSA) is 95.0 Å². The van der Waals surface area contributed by atoms with Crippen LogP contribution in [0.3, 0.4) is 0 Å². The lowest BCUT2D eigenvalue weighted by molar-refractivity contribution is -0.119. The zero-order valence-electron chi connectivity index (χ0n) is 11.2. The largest absolute Gasteiger partial charge is 0.321 e. The third kappa shape index (κ3) is 4.59. The van der Waals surface area contributed by atoms with Gasteiger partial charge in [-0.1, -0.05) is 11.6 Å². The molecule has 1 atom stereocenters. The number of halogens is 1. The molecule has 0 aliphatic carbocycles. The molecule has 1 unspecified atom stereocenters. The Morgan fingerprint density at radius 3 is 2.53 bits per heavy atom. The summed E-state index contributed by atoms with van der Waals surface area (Å²) in [5, 5.41) is 4.51. The number of rotatable bonds is 6. The highest BCUT2D eigenvalue weighted by Gasteiger charge is 2.20. The van der Waals surface area contributed by atoms with E-state index in [-0.39, 0.29) is 24.4 Å². The van der Waals surface area contributed by atoms with Gasteiger partial charge in [0.25, 0.3) is 0 Å². The van der Waals surface area contributed by atoms with Crippen molar-refractivity contribution in [2.24, 2.45) is 12.8 Å². The van der Waals surface area contributed by atoms with Gasteiger partial charge in [-0.3, -0.25) is 9.48 Å². The molecule has 0 aliphatic rings. The van der Waals surface area contributed by atoms with Crippen molar-refractivity contribution in [3.8, 4) is 0 Å². The van der Waals surface area contributed by atoms with Crippen molar-refractivity contribution in [1.29, 1.82) is 0 Å². The molecule has 0 bridgehead atoms. The van der Waals surface area contributed by atoms with E-state index in [0.29, 0.717) is 16.4 Å². The minimum atomic E-state index is -3.11. The van der Waals surface area contributed by atoms with Gasteiger partial charge in [0.05, 0.1) is 17.5 Å². The van der Waals surface area contributed by atoms with Gasteiger partial charge >= 0.3 is 0 Å². The predicted octanol–water partition coefficient (Wildman–Crippen LogP) is 0.256. The van der Waals surface area contributed by atoms with Crippen LogP contribution in [0.2, 0.25) is 5.15 Å². The molecule has 0 saturated carbocycles. The highest BCUT2D eigenvalue weighted by atomic mass is 35.5. The first kappa shape index (κ1) is 16.1. The number of nitrogens with two attached hydrogens (primary N) is 1. The van der Waals surface area contributed by atoms with Crippen molar-refractivity contribution >= 4 is 27.2 Å². The van der Waals surface area contributed by atoms with Gasteiger partial charge < -0.3 is 5.73 Å². The fourth-order valence-electron chi connectivity index (χ4n) is 1.68. The second-order valence-corrected chi connectivity index (χ2v) is 7.26. The Kier molecular flexibility index (Phi) is 5.11. The minimum Gasteiger partial charge on any atom is -0.321 e. The molecule has 19 heavy (non-hydrogen) atoms. The number of carbonyl (C=O) groups excluding carboxylic acids is 1. The van der Waals surface area contributed by atoms with Gasteiger partial charge in [-0.15, -0.1) is 0 Å². The Bertz CT molecular complexity index is 580. The summed E-state index contributed by atoms with van der Waals surface area (Å²) < 4.78 is 23.5. The van der Waals surface area contributed by atoms with Crippen LogP contribution in [-0.4, -0.2) is 42.0 Å². The smallest absolute Gasteiger partial charge is 0.154 e. The van der Waals surface area contributed by atoms with Gasteiger partial charge in [0.2, 0.25) is 0 Å². The maximum absolute atomic E-state index is 11.9. The average Bonchev–Trinajstić information content (AvgIpc) is 2.51. The second-order valence-electron chi connectivity index (χ2n) is 4.65. The summed E-state index contributed by atoms with van der Waals surface area (Å²) in [6.07, 6.45) is 1.31. The Morgan fingerprint density at radius 2 is 2.11 bits per heavy atom. The highest BCUT2D eigenvalue weighted by molar-refractivity contribution is 7.90. The van der Waals surface area contributed by atoms with E-state index in [1.54, 1.807) is 14.0 Å². The number of ketones is 1. The molecular weight excluding hydrogens is 290 g/mol. The van der Waals surface area contributed by atoms with Crippen molar-refractivity contribution < 1.29 is 13.2 Å². The van der Waals surface area contributed by atoms with Gasteiger partial charge in [0.1, 0.15) is 15.0 Å². The first-order chi connectivity index (χ1) is 8.61. The number of hydrogen-bond acceptors (Lipinski definition) is 5. The van der Waals surface area contributed by atoms with Crippen LogP contribution in [0.4, 0.5) is 0 Å². The minimum absolute atomic E-state index is 0.0729. The zero-order chi connectivity index (χ0) is 14.8. The van der Waals surface area contributed by atoms with Crippen LogP contribution in [0, 0.1) is 6.92 Å². The highest BCUT2D eigenvalue weighted by Crippen LogP contribution is 2.19. The number of aryl methyl sites for hydroxylation is 2. The van der Waals surface area contributed by atoms with Crippen molar-refractivity contribution in [2.45, 2.75) is 25.8 Å². The van der Waals surface area contributed by atoms with Gasteiger partial charge in [-0.25, -0.2) is 8.42 Å². The van der Waals surface area contributed by atoms with Gasteiger partial charge in [0, 0.05) is 25.3 Å². The average molecular weight is 308 g/mol. The Balaban J connectivity index is 2.69. The van der Waals surface area contributed by atoms with E-state index >= 15 is 0 Å². The van der Waals surface area contributed by atoms with Crippen molar-refractivity contribution in [1.82, 2.24) is 9.78 Å². The summed E-state index contributed by atoms with van der Waals surface area (Å²) in [5.74, 6) is -0.332. The molecule has 0 radical (unpaired) electrons. The fourth-order valence-corrected chi connectivity index (χ4v) is 2.61. The normalized spacial score (nSPS) is 13.5. The standard InChI is InChI=1S/C11H18ClN3O3S/c1-7-8(11(12)15(2)14-7)6-10(16)9(13)4-5-19(3,17)18/h9H,4-6,13H2,1-3H3. The van der Waals surface area contributed by atoms with Crippen LogP contribution in [-0.2, 0) is 28.1 Å². The maximum atomic E-state index is 11.9. The summed E-state index contributed by atoms with van der Waals surface area (Å²) in [6.45, 7) is 1.76. The number of hydrogen-bond donors (Lipinski definition) is 1. The first-order valence-electron chi connectivity index (χ1n) is 5.76. The Morgan fingerprint density at radius 1 is 1.53 bits per heavy atom. The van der Waals surface area contributed by atoms with Crippen LogP contribution in [0.1, 0.15) is 17.7 Å². The van der Waals surface area contributed by atoms with E-state index in [0.717, 1.165) is 6.26 Å². The van der Waals surface area contributed by atoms with E-state index in [1.807, 2.05) is 0 Å². The number of Topliss-reactive ketones (excluding diaryl/α,β-unsaturated/α-hetero) is 1.